The van der Waals surface area contributed by atoms with Crippen molar-refractivity contribution in [2.24, 2.45) is 5.41 Å². The topological polar surface area (TPSA) is 98.8 Å². The number of nitrogens with zero attached hydrogens (tertiary/aromatic N) is 3. The van der Waals surface area contributed by atoms with Gasteiger partial charge < -0.3 is 28.8 Å². The minimum atomic E-state index is 0.0925. The SMILES string of the molecule is COc1cc2c(Oc3ccc4[nH]c(C)cc4c3)ncnc2cc1OCCC(=O)N1CC2(COC2)C1. The number of likely N-dealkylation sites (tertiary alicyclic amines) is 1. The first kappa shape index (κ1) is 21.7. The standard InChI is InChI=1S/C26H26N4O5/c1-16-7-17-8-18(3-4-20(17)29-16)35-25-19-9-22(32-2)23(10-21(19)27-15-28-25)34-6-5-24(31)30-11-26(12-30)13-33-14-26/h3-4,7-10,15,29H,5-6,11-14H2,1-2H3. The summed E-state index contributed by atoms with van der Waals surface area (Å²) >= 11 is 0. The van der Waals surface area contributed by atoms with Crippen LogP contribution in [0.25, 0.3) is 21.8 Å². The van der Waals surface area contributed by atoms with E-state index in [0.717, 1.165) is 42.9 Å². The second-order valence-corrected chi connectivity index (χ2v) is 9.34. The number of aromatic amines is 1. The van der Waals surface area contributed by atoms with Gasteiger partial charge >= 0.3 is 0 Å². The van der Waals surface area contributed by atoms with Crippen molar-refractivity contribution in [1.82, 2.24) is 19.9 Å². The van der Waals surface area contributed by atoms with Crippen LogP contribution in [0.4, 0.5) is 0 Å². The Kier molecular flexibility index (Phi) is 5.21. The van der Waals surface area contributed by atoms with Gasteiger partial charge in [0.05, 0.1) is 49.7 Å². The molecule has 1 N–H and O–H groups in total. The Morgan fingerprint density at radius 2 is 2.00 bits per heavy atom. The Labute approximate surface area is 202 Å². The highest BCUT2D eigenvalue weighted by Gasteiger charge is 2.50. The maximum absolute atomic E-state index is 12.4. The molecule has 1 spiro atoms. The average molecular weight is 475 g/mol. The second-order valence-electron chi connectivity index (χ2n) is 9.34. The minimum absolute atomic E-state index is 0.0925. The minimum Gasteiger partial charge on any atom is -0.493 e. The molecule has 0 atom stereocenters. The summed E-state index contributed by atoms with van der Waals surface area (Å²) < 4.78 is 22.9. The summed E-state index contributed by atoms with van der Waals surface area (Å²) in [5.41, 5.74) is 3.01. The van der Waals surface area contributed by atoms with Crippen molar-refractivity contribution in [2.45, 2.75) is 13.3 Å². The lowest BCUT2D eigenvalue weighted by Gasteiger charge is -2.55. The number of amides is 1. The normalized spacial score (nSPS) is 16.2. The van der Waals surface area contributed by atoms with E-state index in [1.54, 1.807) is 19.2 Å². The molecule has 2 fully saturated rings. The van der Waals surface area contributed by atoms with Crippen LogP contribution in [0, 0.1) is 12.3 Å². The van der Waals surface area contributed by atoms with Crippen molar-refractivity contribution >= 4 is 27.7 Å². The quantitative estimate of drug-likeness (QED) is 0.434. The number of hydrogen-bond donors (Lipinski definition) is 1. The monoisotopic (exact) mass is 474 g/mol. The zero-order valence-electron chi connectivity index (χ0n) is 19.7. The van der Waals surface area contributed by atoms with Crippen LogP contribution in [0.2, 0.25) is 0 Å². The molecule has 2 aliphatic heterocycles. The molecular weight excluding hydrogens is 448 g/mol. The van der Waals surface area contributed by atoms with Gasteiger partial charge in [-0.1, -0.05) is 0 Å². The Balaban J connectivity index is 1.17. The molecule has 2 saturated heterocycles. The molecule has 0 aliphatic carbocycles. The molecular formula is C26H26N4O5. The number of aryl methyl sites for hydroxylation is 1. The highest BCUT2D eigenvalue weighted by molar-refractivity contribution is 5.87. The summed E-state index contributed by atoms with van der Waals surface area (Å²) in [6.07, 6.45) is 1.76. The molecule has 0 saturated carbocycles. The summed E-state index contributed by atoms with van der Waals surface area (Å²) in [5, 5.41) is 1.77. The zero-order valence-corrected chi connectivity index (χ0v) is 19.7. The average Bonchev–Trinajstić information content (AvgIpc) is 3.16. The molecule has 9 heteroatoms. The van der Waals surface area contributed by atoms with Crippen LogP contribution >= 0.6 is 0 Å². The summed E-state index contributed by atoms with van der Waals surface area (Å²) in [6, 6.07) is 11.5. The van der Waals surface area contributed by atoms with Crippen LogP contribution in [0.3, 0.4) is 0 Å². The molecule has 9 nitrogen and oxygen atoms in total. The number of carbonyl (C=O) groups is 1. The molecule has 6 rings (SSSR count). The number of nitrogens with one attached hydrogen (secondary N) is 1. The van der Waals surface area contributed by atoms with Gasteiger partial charge in [-0.15, -0.1) is 0 Å². The predicted octanol–water partition coefficient (Wildman–Crippen LogP) is 3.85. The number of rotatable bonds is 7. The molecule has 0 radical (unpaired) electrons. The van der Waals surface area contributed by atoms with E-state index in [1.165, 1.54) is 6.33 Å². The van der Waals surface area contributed by atoms with Gasteiger partial charge in [-0.3, -0.25) is 4.79 Å². The summed E-state index contributed by atoms with van der Waals surface area (Å²) in [7, 11) is 1.58. The van der Waals surface area contributed by atoms with E-state index >= 15 is 0 Å². The fourth-order valence-electron chi connectivity index (χ4n) is 4.74. The number of carbonyl (C=O) groups excluding carboxylic acids is 1. The van der Waals surface area contributed by atoms with Gasteiger partial charge in [-0.05, 0) is 37.3 Å². The van der Waals surface area contributed by atoms with E-state index in [9.17, 15) is 4.79 Å². The molecule has 0 unspecified atom stereocenters. The van der Waals surface area contributed by atoms with Crippen molar-refractivity contribution in [3.05, 3.63) is 48.4 Å². The lowest BCUT2D eigenvalue weighted by atomic mass is 9.78. The number of aromatic nitrogens is 3. The van der Waals surface area contributed by atoms with Crippen LogP contribution in [0.5, 0.6) is 23.1 Å². The van der Waals surface area contributed by atoms with Gasteiger partial charge in [0, 0.05) is 35.8 Å². The molecule has 0 bridgehead atoms. The summed E-state index contributed by atoms with van der Waals surface area (Å²) in [6.45, 7) is 5.35. The first-order valence-electron chi connectivity index (χ1n) is 11.6. The summed E-state index contributed by atoms with van der Waals surface area (Å²) in [4.78, 5) is 26.3. The van der Waals surface area contributed by atoms with Crippen molar-refractivity contribution in [3.63, 3.8) is 0 Å². The number of methoxy groups -OCH3 is 1. The Bertz CT molecular complexity index is 1420. The lowest BCUT2D eigenvalue weighted by Crippen LogP contribution is -2.67. The van der Waals surface area contributed by atoms with Crippen LogP contribution in [-0.4, -0.2) is 65.8 Å². The molecule has 2 aromatic carbocycles. The summed E-state index contributed by atoms with van der Waals surface area (Å²) in [5.74, 6) is 2.24. The van der Waals surface area contributed by atoms with Crippen molar-refractivity contribution < 1.29 is 23.7 Å². The Morgan fingerprint density at radius 3 is 2.77 bits per heavy atom. The third kappa shape index (κ3) is 4.01. The maximum Gasteiger partial charge on any atom is 0.230 e. The van der Waals surface area contributed by atoms with Crippen LogP contribution in [-0.2, 0) is 9.53 Å². The molecule has 4 aromatic rings. The Hall–Kier alpha value is -3.85. The zero-order chi connectivity index (χ0) is 24.0. The van der Waals surface area contributed by atoms with Crippen molar-refractivity contribution in [1.29, 1.82) is 0 Å². The van der Waals surface area contributed by atoms with Crippen LogP contribution < -0.4 is 14.2 Å². The van der Waals surface area contributed by atoms with Gasteiger partial charge in [0.2, 0.25) is 11.8 Å². The first-order valence-corrected chi connectivity index (χ1v) is 11.6. The second kappa shape index (κ2) is 8.42. The third-order valence-corrected chi connectivity index (χ3v) is 6.62. The smallest absolute Gasteiger partial charge is 0.230 e. The molecule has 2 aliphatic rings. The van der Waals surface area contributed by atoms with Crippen molar-refractivity contribution in [3.8, 4) is 23.1 Å². The Morgan fingerprint density at radius 1 is 1.14 bits per heavy atom. The highest BCUT2D eigenvalue weighted by Crippen LogP contribution is 2.38. The van der Waals surface area contributed by atoms with Gasteiger partial charge in [0.1, 0.15) is 12.1 Å². The fraction of sp³-hybridized carbons (Fsp3) is 0.346. The number of hydrogen-bond acceptors (Lipinski definition) is 7. The maximum atomic E-state index is 12.4. The van der Waals surface area contributed by atoms with Crippen LogP contribution in [0.1, 0.15) is 12.1 Å². The van der Waals surface area contributed by atoms with Crippen molar-refractivity contribution in [2.75, 3.05) is 40.0 Å². The molecule has 35 heavy (non-hydrogen) atoms. The van der Waals surface area contributed by atoms with E-state index < -0.39 is 0 Å². The molecule has 4 heterocycles. The predicted molar refractivity (Wildman–Crippen MR) is 129 cm³/mol. The third-order valence-electron chi connectivity index (χ3n) is 6.62. The van der Waals surface area contributed by atoms with Gasteiger partial charge in [0.15, 0.2) is 11.5 Å². The highest BCUT2D eigenvalue weighted by atomic mass is 16.5. The number of H-pyrrole nitrogens is 1. The molecule has 180 valence electrons. The molecule has 2 aromatic heterocycles. The number of fused-ring (bicyclic) bond motifs is 2. The van der Waals surface area contributed by atoms with Crippen LogP contribution in [0.15, 0.2) is 42.7 Å². The van der Waals surface area contributed by atoms with E-state index in [0.29, 0.717) is 40.5 Å². The van der Waals surface area contributed by atoms with E-state index in [1.807, 2.05) is 30.0 Å². The fourth-order valence-corrected chi connectivity index (χ4v) is 4.74. The molecule has 1 amide bonds. The first-order chi connectivity index (χ1) is 17.0. The van der Waals surface area contributed by atoms with E-state index in [4.69, 9.17) is 18.9 Å². The van der Waals surface area contributed by atoms with E-state index in [-0.39, 0.29) is 17.9 Å². The number of ether oxygens (including phenoxy) is 4. The van der Waals surface area contributed by atoms with E-state index in [2.05, 4.69) is 21.0 Å². The largest absolute Gasteiger partial charge is 0.493 e. The number of benzene rings is 2. The van der Waals surface area contributed by atoms with Gasteiger partial charge in [0.25, 0.3) is 0 Å². The lowest BCUT2D eigenvalue weighted by molar-refractivity contribution is -0.195. The van der Waals surface area contributed by atoms with Gasteiger partial charge in [-0.2, -0.15) is 0 Å². The van der Waals surface area contributed by atoms with Gasteiger partial charge in [-0.25, -0.2) is 9.97 Å².